The molecule has 0 aliphatic rings. The fraction of sp³-hybridized carbons (Fsp3) is 0.529. The van der Waals surface area contributed by atoms with Crippen molar-refractivity contribution in [2.45, 2.75) is 51.2 Å². The van der Waals surface area contributed by atoms with Crippen LogP contribution in [0.15, 0.2) is 29.2 Å². The van der Waals surface area contributed by atoms with E-state index in [1.54, 1.807) is 34.6 Å². The van der Waals surface area contributed by atoms with E-state index in [1.807, 2.05) is 0 Å². The van der Waals surface area contributed by atoms with Crippen LogP contribution in [0.2, 0.25) is 0 Å². The van der Waals surface area contributed by atoms with Crippen LogP contribution in [-0.4, -0.2) is 48.7 Å². The Labute approximate surface area is 159 Å². The molecule has 10 heteroatoms. The van der Waals surface area contributed by atoms with Gasteiger partial charge in [-0.1, -0.05) is 13.8 Å². The first-order valence-electron chi connectivity index (χ1n) is 8.20. The summed E-state index contributed by atoms with van der Waals surface area (Å²) in [6, 6.07) is 3.81. The molecule has 1 atom stereocenters. The quantitative estimate of drug-likeness (QED) is 0.552. The number of rotatable bonds is 6. The van der Waals surface area contributed by atoms with Crippen molar-refractivity contribution in [3.05, 3.63) is 24.3 Å². The number of sulfonamides is 1. The number of amides is 2. The number of carbonyl (C=O) groups is 2. The topological polar surface area (TPSA) is 122 Å². The summed E-state index contributed by atoms with van der Waals surface area (Å²) in [5, 5.41) is 9.03. The second-order valence-electron chi connectivity index (χ2n) is 7.12. The van der Waals surface area contributed by atoms with Crippen LogP contribution in [-0.2, 0) is 19.6 Å². The van der Waals surface area contributed by atoms with Gasteiger partial charge in [-0.3, -0.25) is 10.0 Å². The standard InChI is InChI=1S/C17H26N2O7S/c1-11(2)14(15(20)18-22)19(16(21)26-17(3,4)5)27(23,24)13-9-7-12(25-6)8-10-13/h7-11,14,22H,1-6H3,(H,18,20). The lowest BCUT2D eigenvalue weighted by Gasteiger charge is -2.33. The van der Waals surface area contributed by atoms with Crippen molar-refractivity contribution in [3.8, 4) is 5.75 Å². The number of methoxy groups -OCH3 is 1. The first-order valence-corrected chi connectivity index (χ1v) is 9.64. The Kier molecular flexibility index (Phi) is 7.21. The molecule has 1 unspecified atom stereocenters. The third kappa shape index (κ3) is 5.57. The first kappa shape index (κ1) is 22.7. The number of ether oxygens (including phenoxy) is 2. The first-order chi connectivity index (χ1) is 12.3. The van der Waals surface area contributed by atoms with Gasteiger partial charge in [-0.25, -0.2) is 18.7 Å². The lowest BCUT2D eigenvalue weighted by molar-refractivity contribution is -0.134. The Morgan fingerprint density at radius 2 is 1.67 bits per heavy atom. The molecule has 0 radical (unpaired) electrons. The lowest BCUT2D eigenvalue weighted by Crippen LogP contribution is -2.55. The molecule has 0 saturated carbocycles. The highest BCUT2D eigenvalue weighted by atomic mass is 32.2. The minimum Gasteiger partial charge on any atom is -0.497 e. The van der Waals surface area contributed by atoms with E-state index >= 15 is 0 Å². The summed E-state index contributed by atoms with van der Waals surface area (Å²) in [6.45, 7) is 7.79. The molecular formula is C17H26N2O7S. The highest BCUT2D eigenvalue weighted by molar-refractivity contribution is 7.89. The number of nitrogens with one attached hydrogen (secondary N) is 1. The van der Waals surface area contributed by atoms with Crippen LogP contribution in [0, 0.1) is 5.92 Å². The predicted molar refractivity (Wildman–Crippen MR) is 96.8 cm³/mol. The molecule has 152 valence electrons. The van der Waals surface area contributed by atoms with Crippen LogP contribution in [0.4, 0.5) is 4.79 Å². The zero-order valence-corrected chi connectivity index (χ0v) is 17.0. The van der Waals surface area contributed by atoms with E-state index in [1.165, 1.54) is 36.9 Å². The van der Waals surface area contributed by atoms with E-state index in [0.29, 0.717) is 10.1 Å². The van der Waals surface area contributed by atoms with Crippen LogP contribution in [0.3, 0.4) is 0 Å². The van der Waals surface area contributed by atoms with E-state index in [4.69, 9.17) is 14.7 Å². The molecule has 9 nitrogen and oxygen atoms in total. The number of nitrogens with zero attached hydrogens (tertiary/aromatic N) is 1. The van der Waals surface area contributed by atoms with E-state index < -0.39 is 39.6 Å². The van der Waals surface area contributed by atoms with E-state index in [-0.39, 0.29) is 4.90 Å². The van der Waals surface area contributed by atoms with Crippen molar-refractivity contribution < 1.29 is 32.7 Å². The van der Waals surface area contributed by atoms with Crippen molar-refractivity contribution >= 4 is 22.0 Å². The molecule has 0 spiro atoms. The SMILES string of the molecule is COc1ccc(S(=O)(=O)N(C(=O)OC(C)(C)C)C(C(=O)NO)C(C)C)cc1. The van der Waals surface area contributed by atoms with Crippen molar-refractivity contribution in [1.29, 1.82) is 0 Å². The van der Waals surface area contributed by atoms with Gasteiger partial charge in [0, 0.05) is 0 Å². The van der Waals surface area contributed by atoms with Gasteiger partial charge in [-0.2, -0.15) is 4.31 Å². The molecule has 0 aliphatic heterocycles. The summed E-state index contributed by atoms with van der Waals surface area (Å²) in [4.78, 5) is 24.6. The minimum atomic E-state index is -4.47. The Morgan fingerprint density at radius 1 is 1.15 bits per heavy atom. The van der Waals surface area contributed by atoms with Gasteiger partial charge in [0.2, 0.25) is 0 Å². The van der Waals surface area contributed by atoms with Crippen LogP contribution >= 0.6 is 0 Å². The number of hydrogen-bond acceptors (Lipinski definition) is 7. The molecule has 1 aromatic rings. The van der Waals surface area contributed by atoms with Gasteiger partial charge < -0.3 is 9.47 Å². The van der Waals surface area contributed by atoms with Gasteiger partial charge in [0.05, 0.1) is 12.0 Å². The Balaban J connectivity index is 3.54. The van der Waals surface area contributed by atoms with Gasteiger partial charge in [0.1, 0.15) is 17.4 Å². The summed E-state index contributed by atoms with van der Waals surface area (Å²) in [7, 11) is -3.04. The van der Waals surface area contributed by atoms with Gasteiger partial charge in [-0.15, -0.1) is 0 Å². The predicted octanol–water partition coefficient (Wildman–Crippen LogP) is 2.15. The highest BCUT2D eigenvalue weighted by Crippen LogP contribution is 2.26. The second kappa shape index (κ2) is 8.57. The molecule has 2 amide bonds. The molecule has 0 aliphatic carbocycles. The van der Waals surface area contributed by atoms with Crippen LogP contribution in [0.5, 0.6) is 5.75 Å². The molecule has 0 aromatic heterocycles. The number of hydroxylamine groups is 1. The van der Waals surface area contributed by atoms with Gasteiger partial charge in [0.25, 0.3) is 15.9 Å². The van der Waals surface area contributed by atoms with Gasteiger partial charge in [0.15, 0.2) is 0 Å². The molecule has 1 aromatic carbocycles. The van der Waals surface area contributed by atoms with Crippen molar-refractivity contribution in [2.75, 3.05) is 7.11 Å². The highest BCUT2D eigenvalue weighted by Gasteiger charge is 2.43. The monoisotopic (exact) mass is 402 g/mol. The fourth-order valence-corrected chi connectivity index (χ4v) is 3.85. The molecule has 0 saturated heterocycles. The molecular weight excluding hydrogens is 376 g/mol. The molecule has 0 fully saturated rings. The lowest BCUT2D eigenvalue weighted by atomic mass is 10.0. The van der Waals surface area contributed by atoms with Crippen molar-refractivity contribution in [1.82, 2.24) is 9.79 Å². The maximum absolute atomic E-state index is 13.1. The smallest absolute Gasteiger partial charge is 0.425 e. The van der Waals surface area contributed by atoms with Crippen LogP contribution < -0.4 is 10.2 Å². The fourth-order valence-electron chi connectivity index (χ4n) is 2.28. The summed E-state index contributed by atoms with van der Waals surface area (Å²) < 4.78 is 36.9. The molecule has 2 N–H and O–H groups in total. The zero-order valence-electron chi connectivity index (χ0n) is 16.2. The van der Waals surface area contributed by atoms with Crippen LogP contribution in [0.25, 0.3) is 0 Å². The summed E-state index contributed by atoms with van der Waals surface area (Å²) in [5.41, 5.74) is 0.416. The Morgan fingerprint density at radius 3 is 2.04 bits per heavy atom. The third-order valence-corrected chi connectivity index (χ3v) is 5.21. The van der Waals surface area contributed by atoms with Gasteiger partial charge >= 0.3 is 6.09 Å². The Hall–Kier alpha value is -2.33. The third-order valence-electron chi connectivity index (χ3n) is 3.45. The average molecular weight is 402 g/mol. The molecule has 1 rings (SSSR count). The van der Waals surface area contributed by atoms with E-state index in [9.17, 15) is 18.0 Å². The average Bonchev–Trinajstić information content (AvgIpc) is 2.56. The van der Waals surface area contributed by atoms with Gasteiger partial charge in [-0.05, 0) is 51.0 Å². The van der Waals surface area contributed by atoms with Crippen molar-refractivity contribution in [3.63, 3.8) is 0 Å². The largest absolute Gasteiger partial charge is 0.497 e. The van der Waals surface area contributed by atoms with Crippen molar-refractivity contribution in [2.24, 2.45) is 5.92 Å². The summed E-state index contributed by atoms with van der Waals surface area (Å²) in [5.74, 6) is -1.27. The maximum atomic E-state index is 13.1. The summed E-state index contributed by atoms with van der Waals surface area (Å²) >= 11 is 0. The number of carbonyl (C=O) groups excluding carboxylic acids is 2. The van der Waals surface area contributed by atoms with E-state index in [0.717, 1.165) is 0 Å². The molecule has 0 heterocycles. The number of benzene rings is 1. The maximum Gasteiger partial charge on any atom is 0.425 e. The molecule has 0 bridgehead atoms. The Bertz CT molecular complexity index is 767. The minimum absolute atomic E-state index is 0.231. The van der Waals surface area contributed by atoms with E-state index in [2.05, 4.69) is 0 Å². The second-order valence-corrected chi connectivity index (χ2v) is 8.94. The van der Waals surface area contributed by atoms with Crippen LogP contribution in [0.1, 0.15) is 34.6 Å². The molecule has 27 heavy (non-hydrogen) atoms. The normalized spacial score (nSPS) is 13.0. The number of hydrogen-bond donors (Lipinski definition) is 2. The summed E-state index contributed by atoms with van der Waals surface area (Å²) in [6.07, 6.45) is -1.22. The zero-order chi connectivity index (χ0) is 21.0.